The maximum absolute atomic E-state index is 5.53. The van der Waals surface area contributed by atoms with E-state index in [2.05, 4.69) is 5.32 Å². The standard InChI is InChI=1S/C17H21N3OS/c1-11-16(20-15-6-4-3-5-14(15)18-11)17(22)19-12-7-9-13(21-2)10-8-12/h7-10,14-15H,3-6H2,1-2H3,(H,19,22)/t14-,15-/m0/s1. The Morgan fingerprint density at radius 1 is 1.14 bits per heavy atom. The van der Waals surface area contributed by atoms with Crippen LogP contribution in [0.15, 0.2) is 34.3 Å². The van der Waals surface area contributed by atoms with Crippen molar-refractivity contribution in [2.75, 3.05) is 12.4 Å². The Hall–Kier alpha value is -1.75. The molecule has 1 aromatic rings. The Bertz CT molecular complexity index is 621. The van der Waals surface area contributed by atoms with E-state index in [0.717, 1.165) is 35.7 Å². The topological polar surface area (TPSA) is 46.0 Å². The zero-order chi connectivity index (χ0) is 15.5. The van der Waals surface area contributed by atoms with Gasteiger partial charge in [0.15, 0.2) is 0 Å². The van der Waals surface area contributed by atoms with Crippen molar-refractivity contribution in [1.82, 2.24) is 0 Å². The summed E-state index contributed by atoms with van der Waals surface area (Å²) in [5.74, 6) is 0.828. The van der Waals surface area contributed by atoms with E-state index in [4.69, 9.17) is 26.9 Å². The highest BCUT2D eigenvalue weighted by Gasteiger charge is 2.29. The summed E-state index contributed by atoms with van der Waals surface area (Å²) in [6.07, 6.45) is 4.77. The molecule has 0 saturated heterocycles. The molecule has 0 aromatic heterocycles. The number of methoxy groups -OCH3 is 1. The van der Waals surface area contributed by atoms with Crippen LogP contribution in [0, 0.1) is 0 Å². The highest BCUT2D eigenvalue weighted by Crippen LogP contribution is 2.27. The molecule has 1 saturated carbocycles. The fourth-order valence-corrected chi connectivity index (χ4v) is 3.37. The van der Waals surface area contributed by atoms with E-state index in [9.17, 15) is 0 Å². The van der Waals surface area contributed by atoms with Gasteiger partial charge < -0.3 is 10.1 Å². The number of nitrogens with one attached hydrogen (secondary N) is 1. The molecule has 22 heavy (non-hydrogen) atoms. The van der Waals surface area contributed by atoms with Crippen molar-refractivity contribution in [3.05, 3.63) is 24.3 Å². The van der Waals surface area contributed by atoms with Gasteiger partial charge in [0.05, 0.1) is 24.9 Å². The summed E-state index contributed by atoms with van der Waals surface area (Å²) in [6.45, 7) is 2.01. The molecule has 116 valence electrons. The highest BCUT2D eigenvalue weighted by molar-refractivity contribution is 7.82. The summed E-state index contributed by atoms with van der Waals surface area (Å²) in [5, 5.41) is 3.25. The number of ether oxygens (including phenoxy) is 1. The fraction of sp³-hybridized carbons (Fsp3) is 0.471. The molecule has 4 nitrogen and oxygen atoms in total. The number of thiocarbonyl (C=S) groups is 1. The molecule has 5 heteroatoms. The summed E-state index contributed by atoms with van der Waals surface area (Å²) >= 11 is 5.53. The molecule has 1 aliphatic heterocycles. The van der Waals surface area contributed by atoms with Gasteiger partial charge in [0.25, 0.3) is 0 Å². The normalized spacial score (nSPS) is 23.9. The van der Waals surface area contributed by atoms with Gasteiger partial charge >= 0.3 is 0 Å². The Morgan fingerprint density at radius 3 is 2.41 bits per heavy atom. The first-order chi connectivity index (χ1) is 10.7. The SMILES string of the molecule is COc1ccc(NC(=S)C2=N[C@H]3CCCC[C@@H]3N=C2C)cc1. The molecule has 1 heterocycles. The van der Waals surface area contributed by atoms with Gasteiger partial charge in [-0.05, 0) is 44.0 Å². The third-order valence-corrected chi connectivity index (χ3v) is 4.55. The molecule has 0 spiro atoms. The Morgan fingerprint density at radius 2 is 1.77 bits per heavy atom. The van der Waals surface area contributed by atoms with Gasteiger partial charge in [-0.2, -0.15) is 0 Å². The second-order valence-electron chi connectivity index (χ2n) is 5.79. The second-order valence-corrected chi connectivity index (χ2v) is 6.20. The van der Waals surface area contributed by atoms with Crippen molar-refractivity contribution in [3.63, 3.8) is 0 Å². The zero-order valence-electron chi connectivity index (χ0n) is 13.0. The molecule has 1 aromatic carbocycles. The van der Waals surface area contributed by atoms with E-state index in [-0.39, 0.29) is 0 Å². The second kappa shape index (κ2) is 6.57. The molecular weight excluding hydrogens is 294 g/mol. The Labute approximate surface area is 136 Å². The first-order valence-electron chi connectivity index (χ1n) is 7.75. The smallest absolute Gasteiger partial charge is 0.131 e. The van der Waals surface area contributed by atoms with Crippen molar-refractivity contribution in [3.8, 4) is 5.75 Å². The van der Waals surface area contributed by atoms with E-state index >= 15 is 0 Å². The lowest BCUT2D eigenvalue weighted by Gasteiger charge is -2.30. The van der Waals surface area contributed by atoms with Gasteiger partial charge in [-0.25, -0.2) is 0 Å². The molecule has 3 rings (SSSR count). The van der Waals surface area contributed by atoms with Crippen LogP contribution >= 0.6 is 12.2 Å². The molecule has 0 unspecified atom stereocenters. The van der Waals surface area contributed by atoms with Crippen molar-refractivity contribution in [2.24, 2.45) is 9.98 Å². The molecule has 1 fully saturated rings. The summed E-state index contributed by atoms with van der Waals surface area (Å²) in [5.41, 5.74) is 2.73. The van der Waals surface area contributed by atoms with Crippen molar-refractivity contribution in [1.29, 1.82) is 0 Å². The number of nitrogens with zero attached hydrogens (tertiary/aromatic N) is 2. The van der Waals surface area contributed by atoms with Crippen LogP contribution in [0.2, 0.25) is 0 Å². The van der Waals surface area contributed by atoms with Crippen molar-refractivity contribution in [2.45, 2.75) is 44.7 Å². The minimum Gasteiger partial charge on any atom is -0.497 e. The fourth-order valence-electron chi connectivity index (χ4n) is 3.05. The minimum atomic E-state index is 0.308. The number of benzene rings is 1. The minimum absolute atomic E-state index is 0.308. The molecular formula is C17H21N3OS. The average Bonchev–Trinajstić information content (AvgIpc) is 2.54. The van der Waals surface area contributed by atoms with Crippen molar-refractivity contribution < 1.29 is 4.74 Å². The Kier molecular flexibility index (Phi) is 4.52. The van der Waals surface area contributed by atoms with Crippen LogP contribution < -0.4 is 10.1 Å². The van der Waals surface area contributed by atoms with Gasteiger partial charge in [0.2, 0.25) is 0 Å². The summed E-state index contributed by atoms with van der Waals surface area (Å²) in [7, 11) is 1.66. The summed E-state index contributed by atoms with van der Waals surface area (Å²) in [6, 6.07) is 8.39. The van der Waals surface area contributed by atoms with Crippen LogP contribution in [-0.2, 0) is 0 Å². The molecule has 2 aliphatic rings. The first kappa shape index (κ1) is 15.2. The van der Waals surface area contributed by atoms with E-state index < -0.39 is 0 Å². The third-order valence-electron chi connectivity index (χ3n) is 4.25. The molecule has 1 aliphatic carbocycles. The van der Waals surface area contributed by atoms with Crippen LogP contribution in [0.1, 0.15) is 32.6 Å². The van der Waals surface area contributed by atoms with Gasteiger partial charge in [-0.1, -0.05) is 25.1 Å². The van der Waals surface area contributed by atoms with E-state index in [1.165, 1.54) is 12.8 Å². The average molecular weight is 315 g/mol. The number of rotatable bonds is 3. The first-order valence-corrected chi connectivity index (χ1v) is 8.16. The van der Waals surface area contributed by atoms with Crippen LogP contribution in [0.25, 0.3) is 0 Å². The van der Waals surface area contributed by atoms with Gasteiger partial charge in [-0.3, -0.25) is 9.98 Å². The van der Waals surface area contributed by atoms with Crippen LogP contribution in [-0.4, -0.2) is 35.6 Å². The lowest BCUT2D eigenvalue weighted by Crippen LogP contribution is -2.38. The third kappa shape index (κ3) is 3.19. The van der Waals surface area contributed by atoms with Crippen LogP contribution in [0.4, 0.5) is 5.69 Å². The Balaban J connectivity index is 1.73. The summed E-state index contributed by atoms with van der Waals surface area (Å²) in [4.78, 5) is 10.3. The lowest BCUT2D eigenvalue weighted by atomic mass is 9.89. The van der Waals surface area contributed by atoms with Crippen LogP contribution in [0.5, 0.6) is 5.75 Å². The molecule has 0 radical (unpaired) electrons. The zero-order valence-corrected chi connectivity index (χ0v) is 13.8. The predicted molar refractivity (Wildman–Crippen MR) is 95.8 cm³/mol. The molecule has 2 atom stereocenters. The molecule has 1 N–H and O–H groups in total. The van der Waals surface area contributed by atoms with Crippen LogP contribution in [0.3, 0.4) is 0 Å². The maximum Gasteiger partial charge on any atom is 0.131 e. The summed E-state index contributed by atoms with van der Waals surface area (Å²) < 4.78 is 5.16. The van der Waals surface area contributed by atoms with Gasteiger partial charge in [-0.15, -0.1) is 0 Å². The van der Waals surface area contributed by atoms with E-state index in [0.29, 0.717) is 17.1 Å². The van der Waals surface area contributed by atoms with E-state index in [1.807, 2.05) is 31.2 Å². The predicted octanol–water partition coefficient (Wildman–Crippen LogP) is 3.66. The number of hydrogen-bond acceptors (Lipinski definition) is 4. The highest BCUT2D eigenvalue weighted by atomic mass is 32.1. The molecule has 0 amide bonds. The van der Waals surface area contributed by atoms with Gasteiger partial charge in [0, 0.05) is 5.69 Å². The maximum atomic E-state index is 5.53. The monoisotopic (exact) mass is 315 g/mol. The quantitative estimate of drug-likeness (QED) is 0.866. The van der Waals surface area contributed by atoms with Crippen molar-refractivity contribution >= 4 is 34.3 Å². The number of hydrogen-bond donors (Lipinski definition) is 1. The van der Waals surface area contributed by atoms with E-state index in [1.54, 1.807) is 7.11 Å². The number of anilines is 1. The van der Waals surface area contributed by atoms with Gasteiger partial charge in [0.1, 0.15) is 16.4 Å². The largest absolute Gasteiger partial charge is 0.497 e. The number of fused-ring (bicyclic) bond motifs is 1. The number of aliphatic imine (C=N–C) groups is 2. The lowest BCUT2D eigenvalue weighted by molar-refractivity contribution is 0.386. The molecule has 0 bridgehead atoms.